The topological polar surface area (TPSA) is 35.2 Å². The summed E-state index contributed by atoms with van der Waals surface area (Å²) in [4.78, 5) is 0. The molecule has 0 bridgehead atoms. The molecule has 0 aliphatic carbocycles. The Labute approximate surface area is 114 Å². The molecule has 2 N–H and O–H groups in total. The van der Waals surface area contributed by atoms with Crippen LogP contribution in [-0.2, 0) is 0 Å². The second-order valence-electron chi connectivity index (χ2n) is 3.83. The third-order valence-corrected chi connectivity index (χ3v) is 2.93. The highest BCUT2D eigenvalue weighted by atomic mass is 35.5. The van der Waals surface area contributed by atoms with Crippen molar-refractivity contribution in [3.05, 3.63) is 51.8 Å². The molecule has 0 radical (unpaired) electrons. The zero-order valence-corrected chi connectivity index (χ0v) is 11.0. The van der Waals surface area contributed by atoms with Crippen LogP contribution < -0.4 is 10.5 Å². The predicted molar refractivity (Wildman–Crippen MR) is 72.1 cm³/mol. The number of halogens is 3. The van der Waals surface area contributed by atoms with Crippen LogP contribution in [0.1, 0.15) is 5.56 Å². The van der Waals surface area contributed by atoms with Gasteiger partial charge in [-0.15, -0.1) is 0 Å². The molecule has 5 heteroatoms. The highest BCUT2D eigenvalue weighted by molar-refractivity contribution is 6.37. The normalized spacial score (nSPS) is 10.4. The van der Waals surface area contributed by atoms with Gasteiger partial charge >= 0.3 is 0 Å². The first-order chi connectivity index (χ1) is 8.47. The second-order valence-corrected chi connectivity index (χ2v) is 4.64. The lowest BCUT2D eigenvalue weighted by atomic mass is 10.2. The Kier molecular flexibility index (Phi) is 3.64. The number of hydrogen-bond donors (Lipinski definition) is 1. The molecule has 0 aromatic heterocycles. The summed E-state index contributed by atoms with van der Waals surface area (Å²) >= 11 is 12.0. The smallest absolute Gasteiger partial charge is 0.164 e. The van der Waals surface area contributed by atoms with Crippen LogP contribution in [0.2, 0.25) is 10.0 Å². The van der Waals surface area contributed by atoms with Crippen LogP contribution in [0.5, 0.6) is 11.5 Å². The SMILES string of the molecule is Cc1cc(Oc2c(Cl)cc(N)cc2Cl)ccc1F. The molecular weight excluding hydrogens is 276 g/mol. The zero-order chi connectivity index (χ0) is 13.3. The number of hydrogen-bond acceptors (Lipinski definition) is 2. The van der Waals surface area contributed by atoms with Gasteiger partial charge in [-0.25, -0.2) is 4.39 Å². The van der Waals surface area contributed by atoms with Crippen LogP contribution in [0, 0.1) is 12.7 Å². The molecule has 0 aliphatic rings. The minimum atomic E-state index is -0.295. The monoisotopic (exact) mass is 285 g/mol. The maximum Gasteiger partial charge on any atom is 0.164 e. The number of rotatable bonds is 2. The standard InChI is InChI=1S/C13H10Cl2FNO/c1-7-4-9(2-3-12(7)16)18-13-10(14)5-8(17)6-11(13)15/h2-6H,17H2,1H3. The molecule has 94 valence electrons. The largest absolute Gasteiger partial charge is 0.454 e. The van der Waals surface area contributed by atoms with Gasteiger partial charge in [0.1, 0.15) is 11.6 Å². The Morgan fingerprint density at radius 1 is 1.11 bits per heavy atom. The van der Waals surface area contributed by atoms with Gasteiger partial charge in [0, 0.05) is 5.69 Å². The summed E-state index contributed by atoms with van der Waals surface area (Å²) in [5, 5.41) is 0.615. The first-order valence-corrected chi connectivity index (χ1v) is 5.91. The summed E-state index contributed by atoms with van der Waals surface area (Å²) in [7, 11) is 0. The Balaban J connectivity index is 2.37. The fourth-order valence-corrected chi connectivity index (χ4v) is 2.06. The average molecular weight is 286 g/mol. The third-order valence-electron chi connectivity index (χ3n) is 2.37. The average Bonchev–Trinajstić information content (AvgIpc) is 2.28. The summed E-state index contributed by atoms with van der Waals surface area (Å²) in [5.41, 5.74) is 6.52. The van der Waals surface area contributed by atoms with Crippen molar-refractivity contribution in [2.75, 3.05) is 5.73 Å². The first kappa shape index (κ1) is 13.0. The number of nitrogen functional groups attached to an aromatic ring is 1. The molecule has 2 nitrogen and oxygen atoms in total. The van der Waals surface area contributed by atoms with Crippen molar-refractivity contribution in [3.8, 4) is 11.5 Å². The Bertz CT molecular complexity index is 579. The number of anilines is 1. The predicted octanol–water partition coefficient (Wildman–Crippen LogP) is 4.82. The summed E-state index contributed by atoms with van der Waals surface area (Å²) < 4.78 is 18.7. The van der Waals surface area contributed by atoms with Crippen molar-refractivity contribution in [2.24, 2.45) is 0 Å². The van der Waals surface area contributed by atoms with E-state index < -0.39 is 0 Å². The Morgan fingerprint density at radius 2 is 1.72 bits per heavy atom. The van der Waals surface area contributed by atoms with E-state index in [0.29, 0.717) is 32.8 Å². The van der Waals surface area contributed by atoms with E-state index in [1.54, 1.807) is 25.1 Å². The van der Waals surface area contributed by atoms with Crippen molar-refractivity contribution < 1.29 is 9.13 Å². The van der Waals surface area contributed by atoms with Crippen LogP contribution in [0.4, 0.5) is 10.1 Å². The van der Waals surface area contributed by atoms with Gasteiger partial charge in [-0.2, -0.15) is 0 Å². The minimum absolute atomic E-state index is 0.295. The van der Waals surface area contributed by atoms with Crippen LogP contribution in [0.3, 0.4) is 0 Å². The fourth-order valence-electron chi connectivity index (χ4n) is 1.48. The number of nitrogens with two attached hydrogens (primary N) is 1. The van der Waals surface area contributed by atoms with Gasteiger partial charge in [0.05, 0.1) is 10.0 Å². The maximum atomic E-state index is 13.1. The van der Waals surface area contributed by atoms with Crippen molar-refractivity contribution in [2.45, 2.75) is 6.92 Å². The Morgan fingerprint density at radius 3 is 2.28 bits per heavy atom. The van der Waals surface area contributed by atoms with E-state index in [4.69, 9.17) is 33.7 Å². The molecule has 0 saturated heterocycles. The lowest BCUT2D eigenvalue weighted by Crippen LogP contribution is -1.91. The number of ether oxygens (including phenoxy) is 1. The molecule has 0 fully saturated rings. The fraction of sp³-hybridized carbons (Fsp3) is 0.0769. The molecule has 0 aliphatic heterocycles. The van der Waals surface area contributed by atoms with E-state index in [1.807, 2.05) is 0 Å². The van der Waals surface area contributed by atoms with Gasteiger partial charge in [0.2, 0.25) is 0 Å². The quantitative estimate of drug-likeness (QED) is 0.803. The molecule has 18 heavy (non-hydrogen) atoms. The molecule has 0 atom stereocenters. The van der Waals surface area contributed by atoms with Gasteiger partial charge in [0.15, 0.2) is 5.75 Å². The van der Waals surface area contributed by atoms with E-state index >= 15 is 0 Å². The summed E-state index contributed by atoms with van der Waals surface area (Å²) in [6, 6.07) is 7.48. The van der Waals surface area contributed by atoms with E-state index in [9.17, 15) is 4.39 Å². The van der Waals surface area contributed by atoms with E-state index in [0.717, 1.165) is 0 Å². The molecule has 0 saturated carbocycles. The molecule has 2 aromatic carbocycles. The zero-order valence-electron chi connectivity index (χ0n) is 9.51. The molecule has 0 unspecified atom stereocenters. The van der Waals surface area contributed by atoms with Gasteiger partial charge < -0.3 is 10.5 Å². The van der Waals surface area contributed by atoms with E-state index in [-0.39, 0.29) is 5.82 Å². The molecule has 0 heterocycles. The van der Waals surface area contributed by atoms with Crippen LogP contribution >= 0.6 is 23.2 Å². The third kappa shape index (κ3) is 2.68. The lowest BCUT2D eigenvalue weighted by molar-refractivity contribution is 0.480. The van der Waals surface area contributed by atoms with Crippen molar-refractivity contribution >= 4 is 28.9 Å². The molecule has 0 spiro atoms. The molecular formula is C13H10Cl2FNO. The van der Waals surface area contributed by atoms with E-state index in [2.05, 4.69) is 0 Å². The van der Waals surface area contributed by atoms with Gasteiger partial charge in [-0.05, 0) is 42.8 Å². The summed E-state index contributed by atoms with van der Waals surface area (Å²) in [6.07, 6.45) is 0. The molecule has 2 rings (SSSR count). The van der Waals surface area contributed by atoms with Crippen LogP contribution in [-0.4, -0.2) is 0 Å². The Hall–Kier alpha value is -1.45. The van der Waals surface area contributed by atoms with Crippen LogP contribution in [0.15, 0.2) is 30.3 Å². The van der Waals surface area contributed by atoms with Crippen molar-refractivity contribution in [3.63, 3.8) is 0 Å². The van der Waals surface area contributed by atoms with Crippen molar-refractivity contribution in [1.82, 2.24) is 0 Å². The van der Waals surface area contributed by atoms with E-state index in [1.165, 1.54) is 12.1 Å². The minimum Gasteiger partial charge on any atom is -0.454 e. The molecule has 2 aromatic rings. The van der Waals surface area contributed by atoms with Gasteiger partial charge in [-0.1, -0.05) is 23.2 Å². The summed E-state index contributed by atoms with van der Waals surface area (Å²) in [5.74, 6) is 0.470. The number of benzene rings is 2. The highest BCUT2D eigenvalue weighted by Gasteiger charge is 2.10. The first-order valence-electron chi connectivity index (χ1n) is 5.16. The summed E-state index contributed by atoms with van der Waals surface area (Å²) in [6.45, 7) is 1.65. The van der Waals surface area contributed by atoms with Gasteiger partial charge in [0.25, 0.3) is 0 Å². The lowest BCUT2D eigenvalue weighted by Gasteiger charge is -2.11. The number of aryl methyl sites for hydroxylation is 1. The maximum absolute atomic E-state index is 13.1. The second kappa shape index (κ2) is 5.04. The van der Waals surface area contributed by atoms with Gasteiger partial charge in [-0.3, -0.25) is 0 Å². The molecule has 0 amide bonds. The van der Waals surface area contributed by atoms with Crippen molar-refractivity contribution in [1.29, 1.82) is 0 Å². The van der Waals surface area contributed by atoms with Crippen LogP contribution in [0.25, 0.3) is 0 Å². The highest BCUT2D eigenvalue weighted by Crippen LogP contribution is 2.38.